The van der Waals surface area contributed by atoms with E-state index in [2.05, 4.69) is 22.2 Å². The number of hydrogen-bond acceptors (Lipinski definition) is 4. The van der Waals surface area contributed by atoms with E-state index in [1.807, 2.05) is 6.07 Å². The van der Waals surface area contributed by atoms with Crippen molar-refractivity contribution in [2.45, 2.75) is 31.8 Å². The molecule has 0 amide bonds. The van der Waals surface area contributed by atoms with Crippen molar-refractivity contribution in [1.82, 2.24) is 9.97 Å². The fourth-order valence-electron chi connectivity index (χ4n) is 1.87. The molecule has 1 saturated carbocycles. The van der Waals surface area contributed by atoms with Crippen molar-refractivity contribution in [3.63, 3.8) is 0 Å². The number of aromatic nitrogens is 2. The molecule has 0 radical (unpaired) electrons. The normalized spacial score (nSPS) is 18.3. The molecule has 1 aliphatic rings. The van der Waals surface area contributed by atoms with E-state index in [4.69, 9.17) is 4.74 Å². The Morgan fingerprint density at radius 1 is 1.53 bits per heavy atom. The third-order valence-corrected chi connectivity index (χ3v) is 2.97. The summed E-state index contributed by atoms with van der Waals surface area (Å²) >= 11 is 0. The van der Waals surface area contributed by atoms with Gasteiger partial charge in [0.2, 0.25) is 0 Å². The minimum atomic E-state index is -0.217. The van der Waals surface area contributed by atoms with Gasteiger partial charge in [0.15, 0.2) is 5.82 Å². The lowest BCUT2D eigenvalue weighted by atomic mass is 9.79. The molecule has 4 heteroatoms. The van der Waals surface area contributed by atoms with Crippen molar-refractivity contribution in [1.29, 1.82) is 0 Å². The largest absolute Gasteiger partial charge is 0.370 e. The quantitative estimate of drug-likeness (QED) is 0.819. The Morgan fingerprint density at radius 3 is 2.87 bits per heavy atom. The molecule has 0 saturated heterocycles. The van der Waals surface area contributed by atoms with E-state index in [1.54, 1.807) is 13.3 Å². The van der Waals surface area contributed by atoms with Gasteiger partial charge in [-0.1, -0.05) is 0 Å². The first kappa shape index (κ1) is 10.4. The Morgan fingerprint density at radius 2 is 2.33 bits per heavy atom. The van der Waals surface area contributed by atoms with Crippen LogP contribution in [0.5, 0.6) is 0 Å². The van der Waals surface area contributed by atoms with Gasteiger partial charge in [-0.25, -0.2) is 9.97 Å². The van der Waals surface area contributed by atoms with Gasteiger partial charge >= 0.3 is 0 Å². The second-order valence-electron chi connectivity index (χ2n) is 3.85. The van der Waals surface area contributed by atoms with Gasteiger partial charge < -0.3 is 10.1 Å². The van der Waals surface area contributed by atoms with E-state index >= 15 is 0 Å². The van der Waals surface area contributed by atoms with Crippen LogP contribution in [0.25, 0.3) is 0 Å². The predicted molar refractivity (Wildman–Crippen MR) is 58.7 cm³/mol. The van der Waals surface area contributed by atoms with E-state index in [0.717, 1.165) is 31.0 Å². The fraction of sp³-hybridized carbons (Fsp3) is 0.636. The molecular formula is C11H17N3O. The Hall–Kier alpha value is -1.16. The van der Waals surface area contributed by atoms with Crippen LogP contribution >= 0.6 is 0 Å². The Labute approximate surface area is 90.1 Å². The predicted octanol–water partition coefficient (Wildman–Crippen LogP) is 1.93. The van der Waals surface area contributed by atoms with Crippen LogP contribution in [-0.2, 0) is 10.3 Å². The molecule has 1 fully saturated rings. The Bertz CT molecular complexity index is 331. The van der Waals surface area contributed by atoms with E-state index < -0.39 is 0 Å². The van der Waals surface area contributed by atoms with Crippen LogP contribution in [0.2, 0.25) is 0 Å². The molecule has 1 heterocycles. The highest BCUT2D eigenvalue weighted by molar-refractivity contribution is 5.33. The number of anilines is 1. The van der Waals surface area contributed by atoms with Crippen LogP contribution in [-0.4, -0.2) is 23.6 Å². The van der Waals surface area contributed by atoms with Gasteiger partial charge in [0.25, 0.3) is 0 Å². The first-order valence-electron chi connectivity index (χ1n) is 5.43. The van der Waals surface area contributed by atoms with E-state index in [0.29, 0.717) is 0 Å². The van der Waals surface area contributed by atoms with Gasteiger partial charge in [0, 0.05) is 19.9 Å². The third kappa shape index (κ3) is 1.81. The maximum atomic E-state index is 5.54. The lowest BCUT2D eigenvalue weighted by molar-refractivity contribution is -0.0845. The highest BCUT2D eigenvalue weighted by Gasteiger charge is 2.41. The smallest absolute Gasteiger partial charge is 0.162 e. The maximum Gasteiger partial charge on any atom is 0.162 e. The summed E-state index contributed by atoms with van der Waals surface area (Å²) in [5.74, 6) is 1.69. The first-order chi connectivity index (χ1) is 7.30. The standard InChI is InChI=1S/C11H17N3O/c1-3-12-9-5-8-13-10(14-9)11(15-2)6-4-7-11/h5,8H,3-4,6-7H2,1-2H3,(H,12,13,14). The Kier molecular flexibility index (Phi) is 2.86. The molecule has 1 aromatic heterocycles. The summed E-state index contributed by atoms with van der Waals surface area (Å²) in [5.41, 5.74) is -0.217. The van der Waals surface area contributed by atoms with Gasteiger partial charge in [-0.3, -0.25) is 0 Å². The van der Waals surface area contributed by atoms with Crippen molar-refractivity contribution in [2.24, 2.45) is 0 Å². The number of nitrogens with zero attached hydrogens (tertiary/aromatic N) is 2. The summed E-state index contributed by atoms with van der Waals surface area (Å²) in [4.78, 5) is 8.79. The fourth-order valence-corrected chi connectivity index (χ4v) is 1.87. The second-order valence-corrected chi connectivity index (χ2v) is 3.85. The van der Waals surface area contributed by atoms with Gasteiger partial charge in [0.1, 0.15) is 11.4 Å². The van der Waals surface area contributed by atoms with Crippen molar-refractivity contribution >= 4 is 5.82 Å². The summed E-state index contributed by atoms with van der Waals surface area (Å²) in [6, 6.07) is 1.88. The summed E-state index contributed by atoms with van der Waals surface area (Å²) in [5, 5.41) is 3.19. The molecule has 1 aliphatic carbocycles. The number of hydrogen-bond donors (Lipinski definition) is 1. The maximum absolute atomic E-state index is 5.54. The summed E-state index contributed by atoms with van der Waals surface area (Å²) in [6.07, 6.45) is 5.04. The van der Waals surface area contributed by atoms with Crippen LogP contribution in [0.1, 0.15) is 32.0 Å². The molecule has 0 bridgehead atoms. The number of rotatable bonds is 4. The average Bonchev–Trinajstić information content (AvgIpc) is 2.18. The second kappa shape index (κ2) is 4.14. The summed E-state index contributed by atoms with van der Waals surface area (Å²) in [6.45, 7) is 2.92. The van der Waals surface area contributed by atoms with Crippen LogP contribution < -0.4 is 5.32 Å². The van der Waals surface area contributed by atoms with Gasteiger partial charge in [-0.05, 0) is 32.3 Å². The van der Waals surface area contributed by atoms with Crippen molar-refractivity contribution < 1.29 is 4.74 Å². The molecule has 0 spiro atoms. The molecule has 0 aliphatic heterocycles. The van der Waals surface area contributed by atoms with Crippen LogP contribution in [0, 0.1) is 0 Å². The van der Waals surface area contributed by atoms with E-state index in [9.17, 15) is 0 Å². The number of ether oxygens (including phenoxy) is 1. The van der Waals surface area contributed by atoms with Crippen LogP contribution in [0.15, 0.2) is 12.3 Å². The lowest BCUT2D eigenvalue weighted by Crippen LogP contribution is -2.38. The van der Waals surface area contributed by atoms with E-state index in [-0.39, 0.29) is 5.60 Å². The molecular weight excluding hydrogens is 190 g/mol. The molecule has 1 N–H and O–H groups in total. The van der Waals surface area contributed by atoms with Crippen molar-refractivity contribution in [3.8, 4) is 0 Å². The highest BCUT2D eigenvalue weighted by Crippen LogP contribution is 2.42. The zero-order valence-electron chi connectivity index (χ0n) is 9.29. The summed E-state index contributed by atoms with van der Waals surface area (Å²) < 4.78 is 5.54. The number of nitrogens with one attached hydrogen (secondary N) is 1. The first-order valence-corrected chi connectivity index (χ1v) is 5.43. The monoisotopic (exact) mass is 207 g/mol. The van der Waals surface area contributed by atoms with Crippen LogP contribution in [0.3, 0.4) is 0 Å². The molecule has 15 heavy (non-hydrogen) atoms. The Balaban J connectivity index is 2.23. The summed E-state index contributed by atoms with van der Waals surface area (Å²) in [7, 11) is 1.74. The van der Waals surface area contributed by atoms with Crippen LogP contribution in [0.4, 0.5) is 5.82 Å². The third-order valence-electron chi connectivity index (χ3n) is 2.97. The molecule has 1 aromatic rings. The zero-order valence-corrected chi connectivity index (χ0v) is 9.29. The molecule has 2 rings (SSSR count). The van der Waals surface area contributed by atoms with Gasteiger partial charge in [-0.15, -0.1) is 0 Å². The van der Waals surface area contributed by atoms with Gasteiger partial charge in [0.05, 0.1) is 0 Å². The zero-order chi connectivity index (χ0) is 10.7. The van der Waals surface area contributed by atoms with Gasteiger partial charge in [-0.2, -0.15) is 0 Å². The molecule has 0 aromatic carbocycles. The van der Waals surface area contributed by atoms with E-state index in [1.165, 1.54) is 6.42 Å². The van der Waals surface area contributed by atoms with Crippen molar-refractivity contribution in [3.05, 3.63) is 18.1 Å². The minimum absolute atomic E-state index is 0.217. The molecule has 82 valence electrons. The SMILES string of the molecule is CCNc1ccnc(C2(OC)CCC2)n1. The highest BCUT2D eigenvalue weighted by atomic mass is 16.5. The molecule has 0 atom stereocenters. The molecule has 4 nitrogen and oxygen atoms in total. The number of methoxy groups -OCH3 is 1. The molecule has 0 unspecified atom stereocenters. The minimum Gasteiger partial charge on any atom is -0.370 e. The average molecular weight is 207 g/mol. The van der Waals surface area contributed by atoms with Crippen molar-refractivity contribution in [2.75, 3.05) is 19.0 Å². The topological polar surface area (TPSA) is 47.0 Å². The lowest BCUT2D eigenvalue weighted by Gasteiger charge is -2.38.